The van der Waals surface area contributed by atoms with Crippen molar-refractivity contribution in [1.29, 1.82) is 0 Å². The lowest BCUT2D eigenvalue weighted by Gasteiger charge is -2.31. The fraction of sp³-hybridized carbons (Fsp3) is 0.323. The summed E-state index contributed by atoms with van der Waals surface area (Å²) in [5.41, 5.74) is 1.83. The predicted molar refractivity (Wildman–Crippen MR) is 151 cm³/mol. The van der Waals surface area contributed by atoms with Gasteiger partial charge in [-0.15, -0.1) is 0 Å². The Kier molecular flexibility index (Phi) is 6.53. The first-order valence-corrected chi connectivity index (χ1v) is 14.0. The number of benzene rings is 3. The topological polar surface area (TPSA) is 69.7 Å². The van der Waals surface area contributed by atoms with Crippen LogP contribution in [0.5, 0.6) is 0 Å². The molecule has 0 aromatic heterocycles. The number of anilines is 1. The largest absolute Gasteiger partial charge is 0.306 e. The average Bonchev–Trinajstić information content (AvgIpc) is 3.46. The number of para-hydroxylation sites is 1. The van der Waals surface area contributed by atoms with E-state index in [1.54, 1.807) is 17.0 Å². The van der Waals surface area contributed by atoms with Gasteiger partial charge in [0, 0.05) is 17.3 Å². The third kappa shape index (κ3) is 4.08. The second-order valence-corrected chi connectivity index (χ2v) is 11.9. The number of halogens is 2. The molecule has 2 saturated heterocycles. The van der Waals surface area contributed by atoms with E-state index in [2.05, 4.69) is 19.2 Å². The maximum atomic E-state index is 14.6. The second kappa shape index (κ2) is 9.77. The van der Waals surface area contributed by atoms with Crippen molar-refractivity contribution in [2.45, 2.75) is 44.9 Å². The van der Waals surface area contributed by atoms with Crippen LogP contribution >= 0.6 is 23.2 Å². The molecule has 0 bridgehead atoms. The zero-order valence-corrected chi connectivity index (χ0v) is 23.2. The number of imide groups is 1. The fourth-order valence-corrected chi connectivity index (χ4v) is 6.94. The number of amides is 3. The SMILES string of the molecule is CC(C)C[C@@H]1N[C@]2(C(=O)N(Cc3ccc(Cl)c(Cl)c3)c3ccccc32)[C@H]2C(=O)N(Cc3ccccc3)C(=O)[C@@H]12. The number of fused-ring (bicyclic) bond motifs is 4. The number of carbonyl (C=O) groups excluding carboxylic acids is 3. The zero-order valence-electron chi connectivity index (χ0n) is 21.7. The van der Waals surface area contributed by atoms with Crippen LogP contribution < -0.4 is 10.2 Å². The highest BCUT2D eigenvalue weighted by Gasteiger charge is 2.71. The Morgan fingerprint density at radius 3 is 2.23 bits per heavy atom. The molecule has 1 N–H and O–H groups in total. The minimum Gasteiger partial charge on any atom is -0.306 e. The van der Waals surface area contributed by atoms with Gasteiger partial charge in [0.15, 0.2) is 0 Å². The monoisotopic (exact) mass is 561 g/mol. The van der Waals surface area contributed by atoms with Crippen LogP contribution in [0.3, 0.4) is 0 Å². The first-order chi connectivity index (χ1) is 18.7. The molecule has 2 fully saturated rings. The van der Waals surface area contributed by atoms with Crippen LogP contribution in [0.2, 0.25) is 10.0 Å². The lowest BCUT2D eigenvalue weighted by atomic mass is 9.76. The maximum Gasteiger partial charge on any atom is 0.253 e. The maximum absolute atomic E-state index is 14.6. The van der Waals surface area contributed by atoms with Crippen LogP contribution in [-0.2, 0) is 33.0 Å². The summed E-state index contributed by atoms with van der Waals surface area (Å²) < 4.78 is 0. The quantitative estimate of drug-likeness (QED) is 0.400. The molecule has 3 aromatic rings. The highest BCUT2D eigenvalue weighted by atomic mass is 35.5. The molecule has 0 radical (unpaired) electrons. The Morgan fingerprint density at radius 2 is 1.51 bits per heavy atom. The summed E-state index contributed by atoms with van der Waals surface area (Å²) in [6.07, 6.45) is 0.670. The first-order valence-electron chi connectivity index (χ1n) is 13.2. The minimum atomic E-state index is -1.32. The van der Waals surface area contributed by atoms with E-state index in [-0.39, 0.29) is 42.8 Å². The lowest BCUT2D eigenvalue weighted by molar-refractivity contribution is -0.143. The van der Waals surface area contributed by atoms with Gasteiger partial charge in [-0.1, -0.05) is 91.6 Å². The molecular weight excluding hydrogens is 533 g/mol. The van der Waals surface area contributed by atoms with Gasteiger partial charge < -0.3 is 4.90 Å². The van der Waals surface area contributed by atoms with Crippen molar-refractivity contribution in [3.05, 3.63) is 99.5 Å². The lowest BCUT2D eigenvalue weighted by Crippen LogP contribution is -2.55. The number of nitrogens with one attached hydrogen (secondary N) is 1. The van der Waals surface area contributed by atoms with Crippen LogP contribution in [0.15, 0.2) is 72.8 Å². The average molecular weight is 562 g/mol. The third-order valence-electron chi connectivity index (χ3n) is 8.19. The number of hydrogen-bond acceptors (Lipinski definition) is 4. The molecule has 8 heteroatoms. The molecule has 0 aliphatic carbocycles. The Balaban J connectivity index is 1.44. The van der Waals surface area contributed by atoms with Crippen molar-refractivity contribution in [1.82, 2.24) is 10.2 Å². The van der Waals surface area contributed by atoms with Gasteiger partial charge in [-0.3, -0.25) is 24.6 Å². The summed E-state index contributed by atoms with van der Waals surface area (Å²) in [6, 6.07) is 22.1. The van der Waals surface area contributed by atoms with Crippen molar-refractivity contribution in [2.75, 3.05) is 4.90 Å². The highest BCUT2D eigenvalue weighted by molar-refractivity contribution is 6.42. The minimum absolute atomic E-state index is 0.193. The van der Waals surface area contributed by atoms with Gasteiger partial charge in [0.1, 0.15) is 5.54 Å². The number of nitrogens with zero attached hydrogens (tertiary/aromatic N) is 2. The van der Waals surface area contributed by atoms with Gasteiger partial charge in [0.05, 0.1) is 35.0 Å². The summed E-state index contributed by atoms with van der Waals surface area (Å²) in [5, 5.41) is 4.43. The molecule has 3 aromatic carbocycles. The number of rotatable bonds is 6. The molecule has 3 aliphatic rings. The van der Waals surface area contributed by atoms with E-state index in [0.29, 0.717) is 16.5 Å². The molecule has 1 spiro atoms. The molecule has 0 unspecified atom stereocenters. The van der Waals surface area contributed by atoms with Crippen molar-refractivity contribution in [2.24, 2.45) is 17.8 Å². The normalized spacial score (nSPS) is 25.8. The van der Waals surface area contributed by atoms with Crippen LogP contribution in [0, 0.1) is 17.8 Å². The first kappa shape index (κ1) is 26.1. The Hall–Kier alpha value is -3.19. The molecule has 200 valence electrons. The molecule has 3 aliphatic heterocycles. The van der Waals surface area contributed by atoms with Crippen molar-refractivity contribution < 1.29 is 14.4 Å². The molecule has 0 saturated carbocycles. The summed E-state index contributed by atoms with van der Waals surface area (Å²) >= 11 is 12.4. The molecule has 4 atom stereocenters. The van der Waals surface area contributed by atoms with Gasteiger partial charge in [-0.25, -0.2) is 0 Å². The number of hydrogen-bond donors (Lipinski definition) is 1. The number of likely N-dealkylation sites (tertiary alicyclic amines) is 1. The third-order valence-corrected chi connectivity index (χ3v) is 8.93. The van der Waals surface area contributed by atoms with Crippen LogP contribution in [0.4, 0.5) is 5.69 Å². The van der Waals surface area contributed by atoms with E-state index < -0.39 is 17.4 Å². The van der Waals surface area contributed by atoms with Crippen molar-refractivity contribution >= 4 is 46.6 Å². The molecule has 3 heterocycles. The fourth-order valence-electron chi connectivity index (χ4n) is 6.62. The van der Waals surface area contributed by atoms with Gasteiger partial charge in [-0.05, 0) is 41.7 Å². The Bertz CT molecular complexity index is 1480. The number of carbonyl (C=O) groups is 3. The van der Waals surface area contributed by atoms with Crippen LogP contribution in [0.25, 0.3) is 0 Å². The van der Waals surface area contributed by atoms with Crippen molar-refractivity contribution in [3.8, 4) is 0 Å². The van der Waals surface area contributed by atoms with E-state index in [0.717, 1.165) is 22.4 Å². The second-order valence-electron chi connectivity index (χ2n) is 11.1. The smallest absolute Gasteiger partial charge is 0.253 e. The van der Waals surface area contributed by atoms with Gasteiger partial charge in [0.25, 0.3) is 5.91 Å². The molecule has 3 amide bonds. The molecular formula is C31H29Cl2N3O3. The van der Waals surface area contributed by atoms with Crippen molar-refractivity contribution in [3.63, 3.8) is 0 Å². The molecule has 39 heavy (non-hydrogen) atoms. The highest BCUT2D eigenvalue weighted by Crippen LogP contribution is 2.55. The Morgan fingerprint density at radius 1 is 0.821 bits per heavy atom. The summed E-state index contributed by atoms with van der Waals surface area (Å²) in [7, 11) is 0. The van der Waals surface area contributed by atoms with E-state index in [1.807, 2.05) is 60.7 Å². The summed E-state index contributed by atoms with van der Waals surface area (Å²) in [5.74, 6) is -1.91. The van der Waals surface area contributed by atoms with Crippen LogP contribution in [0.1, 0.15) is 37.0 Å². The van der Waals surface area contributed by atoms with E-state index in [4.69, 9.17) is 23.2 Å². The standard InChI is InChI=1S/C31H29Cl2N3O3/c1-18(2)14-24-26-27(29(38)36(28(26)37)16-19-8-4-3-5-9-19)31(34-24)21-10-6-7-11-25(21)35(30(31)39)17-20-12-13-22(32)23(33)15-20/h3-13,15,18,24,26-27,34H,14,16-17H2,1-2H3/t24-,26-,27+,31-/m0/s1. The summed E-state index contributed by atoms with van der Waals surface area (Å²) in [4.78, 5) is 45.7. The van der Waals surface area contributed by atoms with Gasteiger partial charge in [-0.2, -0.15) is 0 Å². The van der Waals surface area contributed by atoms with E-state index >= 15 is 0 Å². The summed E-state index contributed by atoms with van der Waals surface area (Å²) in [6.45, 7) is 4.63. The van der Waals surface area contributed by atoms with Gasteiger partial charge >= 0.3 is 0 Å². The molecule has 6 nitrogen and oxygen atoms in total. The van der Waals surface area contributed by atoms with Gasteiger partial charge in [0.2, 0.25) is 11.8 Å². The molecule has 6 rings (SSSR count). The van der Waals surface area contributed by atoms with E-state index in [1.165, 1.54) is 4.90 Å². The van der Waals surface area contributed by atoms with E-state index in [9.17, 15) is 14.4 Å². The van der Waals surface area contributed by atoms with Crippen LogP contribution in [-0.4, -0.2) is 28.7 Å². The zero-order chi connectivity index (χ0) is 27.5. The predicted octanol–water partition coefficient (Wildman–Crippen LogP) is 5.55. The Labute approximate surface area is 237 Å².